The molecule has 0 saturated heterocycles. The topological polar surface area (TPSA) is 92.1 Å². The van der Waals surface area contributed by atoms with Crippen LogP contribution < -0.4 is 15.2 Å². The van der Waals surface area contributed by atoms with Crippen molar-refractivity contribution in [3.05, 3.63) is 64.7 Å². The largest absolute Gasteiger partial charge is 0.493 e. The van der Waals surface area contributed by atoms with E-state index in [1.54, 1.807) is 36.4 Å². The van der Waals surface area contributed by atoms with Crippen molar-refractivity contribution in [2.75, 3.05) is 7.11 Å². The minimum absolute atomic E-state index is 0.0369. The van der Waals surface area contributed by atoms with Crippen LogP contribution in [-0.2, 0) is 6.61 Å². The molecule has 0 heterocycles. The fraction of sp³-hybridized carbons (Fsp3) is 0.105. The molecule has 0 radical (unpaired) electrons. The Labute approximate surface area is 151 Å². The summed E-state index contributed by atoms with van der Waals surface area (Å²) in [5.41, 5.74) is 7.78. The first-order valence-electron chi connectivity index (χ1n) is 7.29. The van der Waals surface area contributed by atoms with Crippen LogP contribution in [0.3, 0.4) is 0 Å². The van der Waals surface area contributed by atoms with Gasteiger partial charge in [-0.15, -0.1) is 0 Å². The van der Waals surface area contributed by atoms with Gasteiger partial charge in [-0.2, -0.15) is 10.5 Å². The van der Waals surface area contributed by atoms with Crippen molar-refractivity contribution in [1.82, 2.24) is 0 Å². The second kappa shape index (κ2) is 8.49. The van der Waals surface area contributed by atoms with Crippen LogP contribution in [0.4, 0.5) is 0 Å². The average Bonchev–Trinajstić information content (AvgIpc) is 2.64. The Hall–Kier alpha value is -3.35. The molecule has 25 heavy (non-hydrogen) atoms. The van der Waals surface area contributed by atoms with Gasteiger partial charge in [-0.3, -0.25) is 0 Å². The predicted molar refractivity (Wildman–Crippen MR) is 98.9 cm³/mol. The van der Waals surface area contributed by atoms with Crippen LogP contribution in [0, 0.1) is 22.7 Å². The second-order valence-corrected chi connectivity index (χ2v) is 5.44. The lowest BCUT2D eigenvalue weighted by Gasteiger charge is -2.12. The highest BCUT2D eigenvalue weighted by molar-refractivity contribution is 7.80. The number of rotatable bonds is 6. The van der Waals surface area contributed by atoms with E-state index in [1.165, 1.54) is 7.11 Å². The minimum atomic E-state index is 0.0369. The van der Waals surface area contributed by atoms with E-state index in [2.05, 4.69) is 6.07 Å². The minimum Gasteiger partial charge on any atom is -0.493 e. The number of hydrogen-bond acceptors (Lipinski definition) is 5. The van der Waals surface area contributed by atoms with Crippen LogP contribution in [0.15, 0.2) is 48.0 Å². The third kappa shape index (κ3) is 4.57. The summed E-state index contributed by atoms with van der Waals surface area (Å²) in [6, 6.07) is 16.5. The van der Waals surface area contributed by atoms with Crippen molar-refractivity contribution in [1.29, 1.82) is 10.5 Å². The molecule has 0 atom stereocenters. The summed E-state index contributed by atoms with van der Waals surface area (Å²) in [7, 11) is 1.53. The predicted octanol–water partition coefficient (Wildman–Crippen LogP) is 3.34. The van der Waals surface area contributed by atoms with Gasteiger partial charge in [-0.25, -0.2) is 0 Å². The SMILES string of the molecule is COc1cc(/C=C(/C#N)C(N)=S)ccc1OCc1ccccc1C#N. The van der Waals surface area contributed by atoms with E-state index >= 15 is 0 Å². The number of nitrogens with zero attached hydrogens (tertiary/aromatic N) is 2. The molecule has 0 fully saturated rings. The molecule has 0 aliphatic rings. The van der Waals surface area contributed by atoms with Gasteiger partial charge in [0, 0.05) is 5.56 Å². The van der Waals surface area contributed by atoms with Gasteiger partial charge in [0.2, 0.25) is 0 Å². The molecule has 0 unspecified atom stereocenters. The summed E-state index contributed by atoms with van der Waals surface area (Å²) in [5, 5.41) is 18.2. The second-order valence-electron chi connectivity index (χ2n) is 5.00. The third-order valence-electron chi connectivity index (χ3n) is 3.41. The van der Waals surface area contributed by atoms with Crippen molar-refractivity contribution in [3.8, 4) is 23.6 Å². The number of ether oxygens (including phenoxy) is 2. The van der Waals surface area contributed by atoms with E-state index < -0.39 is 0 Å². The van der Waals surface area contributed by atoms with Crippen LogP contribution in [0.5, 0.6) is 11.5 Å². The van der Waals surface area contributed by atoms with E-state index in [9.17, 15) is 0 Å². The number of methoxy groups -OCH3 is 1. The van der Waals surface area contributed by atoms with Gasteiger partial charge in [0.25, 0.3) is 0 Å². The van der Waals surface area contributed by atoms with Crippen LogP contribution in [0.2, 0.25) is 0 Å². The van der Waals surface area contributed by atoms with Gasteiger partial charge in [-0.1, -0.05) is 36.5 Å². The molecule has 5 nitrogen and oxygen atoms in total. The zero-order valence-electron chi connectivity index (χ0n) is 13.5. The summed E-state index contributed by atoms with van der Waals surface area (Å²) in [4.78, 5) is 0.0369. The van der Waals surface area contributed by atoms with E-state index in [4.69, 9.17) is 37.9 Å². The lowest BCUT2D eigenvalue weighted by atomic mass is 10.1. The first-order chi connectivity index (χ1) is 12.1. The zero-order chi connectivity index (χ0) is 18.2. The van der Waals surface area contributed by atoms with Crippen molar-refractivity contribution < 1.29 is 9.47 Å². The Kier molecular flexibility index (Phi) is 6.11. The highest BCUT2D eigenvalue weighted by Gasteiger charge is 2.08. The molecule has 0 bridgehead atoms. The van der Waals surface area contributed by atoms with Gasteiger partial charge in [0.1, 0.15) is 17.7 Å². The Balaban J connectivity index is 2.24. The number of nitriles is 2. The van der Waals surface area contributed by atoms with Gasteiger partial charge in [0.05, 0.1) is 24.3 Å². The third-order valence-corrected chi connectivity index (χ3v) is 3.63. The van der Waals surface area contributed by atoms with Gasteiger partial charge < -0.3 is 15.2 Å². The van der Waals surface area contributed by atoms with Crippen molar-refractivity contribution in [3.63, 3.8) is 0 Å². The van der Waals surface area contributed by atoms with Crippen molar-refractivity contribution >= 4 is 23.3 Å². The molecule has 2 rings (SSSR count). The molecular weight excluding hydrogens is 334 g/mol. The first kappa shape index (κ1) is 18.0. The van der Waals surface area contributed by atoms with Crippen LogP contribution in [0.1, 0.15) is 16.7 Å². The molecule has 2 aromatic rings. The molecule has 6 heteroatoms. The first-order valence-corrected chi connectivity index (χ1v) is 7.70. The normalized spacial score (nSPS) is 10.4. The maximum atomic E-state index is 9.12. The van der Waals surface area contributed by atoms with Crippen LogP contribution >= 0.6 is 12.2 Å². The van der Waals surface area contributed by atoms with Crippen LogP contribution in [0.25, 0.3) is 6.08 Å². The highest BCUT2D eigenvalue weighted by Crippen LogP contribution is 2.30. The average molecular weight is 349 g/mol. The molecule has 0 aromatic heterocycles. The molecule has 0 amide bonds. The summed E-state index contributed by atoms with van der Waals surface area (Å²) in [6.07, 6.45) is 1.58. The molecule has 124 valence electrons. The smallest absolute Gasteiger partial charge is 0.161 e. The molecule has 0 aliphatic heterocycles. The Morgan fingerprint density at radius 3 is 2.60 bits per heavy atom. The number of hydrogen-bond donors (Lipinski definition) is 1. The fourth-order valence-electron chi connectivity index (χ4n) is 2.13. The van der Waals surface area contributed by atoms with Gasteiger partial charge >= 0.3 is 0 Å². The van der Waals surface area contributed by atoms with Crippen LogP contribution in [-0.4, -0.2) is 12.1 Å². The standard InChI is InChI=1S/C19H15N3O2S/c1-23-18-9-13(8-16(11-21)19(22)25)6-7-17(18)24-12-15-5-3-2-4-14(15)10-20/h2-9H,12H2,1H3,(H2,22,25)/b16-8-. The number of thiocarbonyl (C=S) groups is 1. The molecule has 2 aromatic carbocycles. The highest BCUT2D eigenvalue weighted by atomic mass is 32.1. The zero-order valence-corrected chi connectivity index (χ0v) is 14.3. The Morgan fingerprint density at radius 2 is 1.96 bits per heavy atom. The van der Waals surface area contributed by atoms with E-state index in [1.807, 2.05) is 18.2 Å². The Bertz CT molecular complexity index is 908. The van der Waals surface area contributed by atoms with Gasteiger partial charge in [0.15, 0.2) is 11.5 Å². The fourth-order valence-corrected chi connectivity index (χ4v) is 2.23. The summed E-state index contributed by atoms with van der Waals surface area (Å²) < 4.78 is 11.1. The molecular formula is C19H15N3O2S. The molecule has 0 aliphatic carbocycles. The van der Waals surface area contributed by atoms with E-state index in [0.29, 0.717) is 22.6 Å². The maximum absolute atomic E-state index is 9.12. The lowest BCUT2D eigenvalue weighted by molar-refractivity contribution is 0.284. The summed E-state index contributed by atoms with van der Waals surface area (Å²) >= 11 is 4.83. The monoisotopic (exact) mass is 349 g/mol. The van der Waals surface area contributed by atoms with Crippen molar-refractivity contribution in [2.45, 2.75) is 6.61 Å². The molecule has 2 N–H and O–H groups in total. The Morgan fingerprint density at radius 1 is 1.20 bits per heavy atom. The van der Waals surface area contributed by atoms with Gasteiger partial charge in [-0.05, 0) is 29.8 Å². The quantitative estimate of drug-likeness (QED) is 0.488. The summed E-state index contributed by atoms with van der Waals surface area (Å²) in [5.74, 6) is 1.03. The van der Waals surface area contributed by atoms with E-state index in [0.717, 1.165) is 5.56 Å². The molecule has 0 spiro atoms. The van der Waals surface area contributed by atoms with E-state index in [-0.39, 0.29) is 17.2 Å². The number of nitrogens with two attached hydrogens (primary N) is 1. The number of benzene rings is 2. The molecule has 0 saturated carbocycles. The lowest BCUT2D eigenvalue weighted by Crippen LogP contribution is -2.09. The summed E-state index contributed by atoms with van der Waals surface area (Å²) in [6.45, 7) is 0.242. The van der Waals surface area contributed by atoms with Crippen molar-refractivity contribution in [2.24, 2.45) is 5.73 Å². The maximum Gasteiger partial charge on any atom is 0.161 e.